The van der Waals surface area contributed by atoms with Gasteiger partial charge in [-0.15, -0.1) is 0 Å². The van der Waals surface area contributed by atoms with Crippen molar-refractivity contribution < 1.29 is 27.9 Å². The van der Waals surface area contributed by atoms with E-state index in [1.165, 1.54) is 25.1 Å². The zero-order valence-corrected chi connectivity index (χ0v) is 18.3. The number of carbonyl (C=O) groups is 3. The molecule has 0 saturated heterocycles. The van der Waals surface area contributed by atoms with E-state index < -0.39 is 41.2 Å². The molecule has 2 aromatic carbocycles. The van der Waals surface area contributed by atoms with Crippen molar-refractivity contribution in [1.29, 1.82) is 0 Å². The zero-order chi connectivity index (χ0) is 22.4. The summed E-state index contributed by atoms with van der Waals surface area (Å²) in [5.74, 6) is -2.99. The minimum Gasteiger partial charge on any atom is -0.444 e. The fourth-order valence-corrected chi connectivity index (χ4v) is 3.65. The number of nitrogens with one attached hydrogen (secondary N) is 1. The predicted octanol–water partition coefficient (Wildman–Crippen LogP) is 5.43. The van der Waals surface area contributed by atoms with Crippen molar-refractivity contribution in [2.24, 2.45) is 0 Å². The quantitative estimate of drug-likeness (QED) is 0.594. The molecular weight excluding hydrogens is 462 g/mol. The monoisotopic (exact) mass is 480 g/mol. The number of ether oxygens (including phenoxy) is 1. The standard InChI is InChI=1S/C21H19BrF2N2O4/c1-10(13-6-5-12(23)9-15(13)24)26-18(27)14-7-11(22)8-16(17(14)19(26)28)25-20(29)30-21(2,3)4/h5-10H,1-4H3,(H,25,29). The van der Waals surface area contributed by atoms with Gasteiger partial charge in [0.05, 0.1) is 22.9 Å². The number of rotatable bonds is 3. The van der Waals surface area contributed by atoms with Gasteiger partial charge in [-0.1, -0.05) is 22.0 Å². The molecule has 9 heteroatoms. The Morgan fingerprint density at radius 2 is 1.80 bits per heavy atom. The molecule has 3 rings (SSSR count). The number of nitrogens with zero attached hydrogens (tertiary/aromatic N) is 1. The highest BCUT2D eigenvalue weighted by Crippen LogP contribution is 2.37. The molecule has 1 N–H and O–H groups in total. The smallest absolute Gasteiger partial charge is 0.412 e. The molecule has 0 fully saturated rings. The highest BCUT2D eigenvalue weighted by molar-refractivity contribution is 9.10. The predicted molar refractivity (Wildman–Crippen MR) is 109 cm³/mol. The molecular formula is C21H19BrF2N2O4. The van der Waals surface area contributed by atoms with Crippen molar-refractivity contribution in [3.05, 3.63) is 63.1 Å². The van der Waals surface area contributed by atoms with E-state index >= 15 is 0 Å². The number of carbonyl (C=O) groups excluding carboxylic acids is 3. The Kier molecular flexibility index (Phi) is 5.68. The minimum absolute atomic E-state index is 0.00776. The van der Waals surface area contributed by atoms with Crippen LogP contribution in [0.1, 0.15) is 60.0 Å². The summed E-state index contributed by atoms with van der Waals surface area (Å²) < 4.78 is 33.2. The van der Waals surface area contributed by atoms with Crippen molar-refractivity contribution >= 4 is 39.5 Å². The van der Waals surface area contributed by atoms with Gasteiger partial charge in [-0.05, 0) is 45.9 Å². The first-order valence-corrected chi connectivity index (χ1v) is 9.84. The molecule has 158 valence electrons. The summed E-state index contributed by atoms with van der Waals surface area (Å²) in [7, 11) is 0. The molecule has 0 radical (unpaired) electrons. The normalized spacial score (nSPS) is 14.6. The van der Waals surface area contributed by atoms with E-state index in [1.807, 2.05) is 0 Å². The Labute approximate surface area is 180 Å². The highest BCUT2D eigenvalue weighted by atomic mass is 79.9. The van der Waals surface area contributed by atoms with Crippen LogP contribution in [0.3, 0.4) is 0 Å². The van der Waals surface area contributed by atoms with Gasteiger partial charge in [0.2, 0.25) is 0 Å². The Morgan fingerprint density at radius 1 is 1.13 bits per heavy atom. The van der Waals surface area contributed by atoms with E-state index in [0.29, 0.717) is 10.5 Å². The van der Waals surface area contributed by atoms with Gasteiger partial charge < -0.3 is 4.74 Å². The van der Waals surface area contributed by atoms with Crippen LogP contribution in [-0.2, 0) is 4.74 Å². The summed E-state index contributed by atoms with van der Waals surface area (Å²) in [6, 6.07) is 4.86. The van der Waals surface area contributed by atoms with Crippen LogP contribution < -0.4 is 5.32 Å². The molecule has 0 aromatic heterocycles. The van der Waals surface area contributed by atoms with Gasteiger partial charge in [0.15, 0.2) is 0 Å². The molecule has 0 saturated carbocycles. The van der Waals surface area contributed by atoms with Crippen LogP contribution >= 0.6 is 15.9 Å². The molecule has 1 unspecified atom stereocenters. The van der Waals surface area contributed by atoms with Crippen LogP contribution in [0.4, 0.5) is 19.3 Å². The second-order valence-corrected chi connectivity index (χ2v) is 8.74. The summed E-state index contributed by atoms with van der Waals surface area (Å²) in [4.78, 5) is 39.1. The van der Waals surface area contributed by atoms with E-state index in [2.05, 4.69) is 21.2 Å². The summed E-state index contributed by atoms with van der Waals surface area (Å²) in [5.41, 5.74) is -0.661. The maximum atomic E-state index is 14.2. The van der Waals surface area contributed by atoms with Crippen LogP contribution in [0.2, 0.25) is 0 Å². The van der Waals surface area contributed by atoms with Crippen molar-refractivity contribution in [1.82, 2.24) is 4.90 Å². The molecule has 1 aliphatic rings. The van der Waals surface area contributed by atoms with E-state index in [1.54, 1.807) is 20.8 Å². The van der Waals surface area contributed by atoms with E-state index in [0.717, 1.165) is 11.0 Å². The molecule has 0 aliphatic carbocycles. The molecule has 0 bridgehead atoms. The van der Waals surface area contributed by atoms with E-state index in [4.69, 9.17) is 4.74 Å². The third-order valence-electron chi connectivity index (χ3n) is 4.42. The topological polar surface area (TPSA) is 75.7 Å². The third-order valence-corrected chi connectivity index (χ3v) is 4.88. The molecule has 1 atom stereocenters. The summed E-state index contributed by atoms with van der Waals surface area (Å²) >= 11 is 3.26. The number of imide groups is 1. The number of hydrogen-bond acceptors (Lipinski definition) is 4. The van der Waals surface area contributed by atoms with Crippen LogP contribution in [0.25, 0.3) is 0 Å². The van der Waals surface area contributed by atoms with Crippen LogP contribution in [0.5, 0.6) is 0 Å². The largest absolute Gasteiger partial charge is 0.444 e. The lowest BCUT2D eigenvalue weighted by molar-refractivity contribution is 0.0592. The molecule has 2 aromatic rings. The van der Waals surface area contributed by atoms with Gasteiger partial charge >= 0.3 is 6.09 Å². The fraction of sp³-hybridized carbons (Fsp3) is 0.286. The average molecular weight is 481 g/mol. The number of anilines is 1. The lowest BCUT2D eigenvalue weighted by Gasteiger charge is -2.23. The van der Waals surface area contributed by atoms with Crippen molar-refractivity contribution in [2.45, 2.75) is 39.3 Å². The Bertz CT molecular complexity index is 1070. The van der Waals surface area contributed by atoms with E-state index in [9.17, 15) is 23.2 Å². The molecule has 0 spiro atoms. The first kappa shape index (κ1) is 21.9. The summed E-state index contributed by atoms with van der Waals surface area (Å²) in [6.45, 7) is 6.53. The van der Waals surface area contributed by atoms with Gasteiger partial charge in [-0.2, -0.15) is 0 Å². The van der Waals surface area contributed by atoms with Crippen molar-refractivity contribution in [3.8, 4) is 0 Å². The van der Waals surface area contributed by atoms with Gasteiger partial charge in [-0.3, -0.25) is 19.8 Å². The molecule has 6 nitrogen and oxygen atoms in total. The molecule has 3 amide bonds. The Hall–Kier alpha value is -2.81. The van der Waals surface area contributed by atoms with Gasteiger partial charge in [0.25, 0.3) is 11.8 Å². The lowest BCUT2D eigenvalue weighted by atomic mass is 10.1. The number of fused-ring (bicyclic) bond motifs is 1. The first-order valence-electron chi connectivity index (χ1n) is 9.05. The summed E-state index contributed by atoms with van der Waals surface area (Å²) in [6.07, 6.45) is -0.792. The maximum Gasteiger partial charge on any atom is 0.412 e. The third kappa shape index (κ3) is 4.21. The fourth-order valence-electron chi connectivity index (χ4n) is 3.19. The second kappa shape index (κ2) is 7.79. The summed E-state index contributed by atoms with van der Waals surface area (Å²) in [5, 5.41) is 2.49. The number of hydrogen-bond donors (Lipinski definition) is 1. The molecule has 30 heavy (non-hydrogen) atoms. The number of benzene rings is 2. The Balaban J connectivity index is 1.99. The average Bonchev–Trinajstić information content (AvgIpc) is 2.83. The highest BCUT2D eigenvalue weighted by Gasteiger charge is 2.42. The zero-order valence-electron chi connectivity index (χ0n) is 16.7. The Morgan fingerprint density at radius 3 is 2.40 bits per heavy atom. The van der Waals surface area contributed by atoms with Gasteiger partial charge in [0, 0.05) is 16.1 Å². The van der Waals surface area contributed by atoms with Crippen molar-refractivity contribution in [3.63, 3.8) is 0 Å². The maximum absolute atomic E-state index is 14.2. The first-order chi connectivity index (χ1) is 13.9. The van der Waals surface area contributed by atoms with Crippen LogP contribution in [-0.4, -0.2) is 28.4 Å². The SMILES string of the molecule is CC(c1ccc(F)cc1F)N1C(=O)c2cc(Br)cc(NC(=O)OC(C)(C)C)c2C1=O. The molecule has 1 heterocycles. The van der Waals surface area contributed by atoms with Gasteiger partial charge in [-0.25, -0.2) is 13.6 Å². The second-order valence-electron chi connectivity index (χ2n) is 7.82. The van der Waals surface area contributed by atoms with Crippen LogP contribution in [0, 0.1) is 11.6 Å². The lowest BCUT2D eigenvalue weighted by Crippen LogP contribution is -2.33. The van der Waals surface area contributed by atoms with E-state index in [-0.39, 0.29) is 22.4 Å². The van der Waals surface area contributed by atoms with Gasteiger partial charge in [0.1, 0.15) is 17.2 Å². The molecule has 1 aliphatic heterocycles. The minimum atomic E-state index is -0.994. The number of amides is 3. The van der Waals surface area contributed by atoms with Crippen molar-refractivity contribution in [2.75, 3.05) is 5.32 Å². The van der Waals surface area contributed by atoms with Crippen LogP contribution in [0.15, 0.2) is 34.8 Å². The number of halogens is 3.